The lowest BCUT2D eigenvalue weighted by Crippen LogP contribution is -2.37. The van der Waals surface area contributed by atoms with Gasteiger partial charge in [-0.1, -0.05) is 48.5 Å². The molecular weight excluding hydrogens is 436 g/mol. The fourth-order valence-corrected chi connectivity index (χ4v) is 4.62. The number of carboxylic acid groups (broad SMARTS) is 1. The standard InChI is InChI=1S/C26H30N2O6/c29-24(30)11-5-6-14-27-25(31)23-13-12-17(34-23)15-28-26(32)33-16-22-20-9-3-1-7-18(20)19-8-2-4-10-21(19)22/h1-4,7-10,17,22-23H,5-6,11-16H2,(H,27,31)(H,28,32)(H,29,30). The predicted molar refractivity (Wildman–Crippen MR) is 125 cm³/mol. The van der Waals surface area contributed by atoms with Gasteiger partial charge in [0.15, 0.2) is 0 Å². The van der Waals surface area contributed by atoms with E-state index in [-0.39, 0.29) is 37.5 Å². The highest BCUT2D eigenvalue weighted by Gasteiger charge is 2.31. The van der Waals surface area contributed by atoms with E-state index in [1.54, 1.807) is 0 Å². The van der Waals surface area contributed by atoms with Crippen LogP contribution in [-0.4, -0.2) is 55.0 Å². The summed E-state index contributed by atoms with van der Waals surface area (Å²) in [6.45, 7) is 0.950. The number of hydrogen-bond donors (Lipinski definition) is 3. The zero-order chi connectivity index (χ0) is 23.9. The summed E-state index contributed by atoms with van der Waals surface area (Å²) in [4.78, 5) is 35.1. The second kappa shape index (κ2) is 11.2. The Kier molecular flexibility index (Phi) is 7.80. The van der Waals surface area contributed by atoms with Crippen LogP contribution in [-0.2, 0) is 19.1 Å². The first-order valence-corrected chi connectivity index (χ1v) is 11.8. The van der Waals surface area contributed by atoms with Crippen LogP contribution in [0.1, 0.15) is 49.1 Å². The molecule has 180 valence electrons. The molecule has 0 aromatic heterocycles. The van der Waals surface area contributed by atoms with E-state index < -0.39 is 18.2 Å². The number of amides is 2. The molecule has 2 aromatic rings. The van der Waals surface area contributed by atoms with E-state index in [2.05, 4.69) is 34.9 Å². The molecule has 0 bridgehead atoms. The highest BCUT2D eigenvalue weighted by molar-refractivity contribution is 5.81. The van der Waals surface area contributed by atoms with Crippen molar-refractivity contribution < 1.29 is 29.0 Å². The smallest absolute Gasteiger partial charge is 0.407 e. The fraction of sp³-hybridized carbons (Fsp3) is 0.423. The maximum Gasteiger partial charge on any atom is 0.407 e. The van der Waals surface area contributed by atoms with Gasteiger partial charge in [0.1, 0.15) is 12.7 Å². The van der Waals surface area contributed by atoms with Crippen LogP contribution < -0.4 is 10.6 Å². The van der Waals surface area contributed by atoms with Crippen molar-refractivity contribution in [1.29, 1.82) is 0 Å². The van der Waals surface area contributed by atoms with Gasteiger partial charge in [-0.05, 0) is 47.9 Å². The molecule has 1 heterocycles. The third-order valence-electron chi connectivity index (χ3n) is 6.33. The number of carbonyl (C=O) groups is 3. The van der Waals surface area contributed by atoms with Gasteiger partial charge in [0, 0.05) is 25.4 Å². The zero-order valence-corrected chi connectivity index (χ0v) is 19.0. The number of alkyl carbamates (subject to hydrolysis) is 1. The van der Waals surface area contributed by atoms with Crippen molar-refractivity contribution in [2.24, 2.45) is 0 Å². The van der Waals surface area contributed by atoms with Crippen molar-refractivity contribution in [2.75, 3.05) is 19.7 Å². The first kappa shape index (κ1) is 23.8. The van der Waals surface area contributed by atoms with Gasteiger partial charge in [0.2, 0.25) is 5.91 Å². The van der Waals surface area contributed by atoms with Gasteiger partial charge in [-0.25, -0.2) is 4.79 Å². The van der Waals surface area contributed by atoms with Crippen LogP contribution in [0.5, 0.6) is 0 Å². The molecule has 3 N–H and O–H groups in total. The van der Waals surface area contributed by atoms with Crippen molar-refractivity contribution >= 4 is 18.0 Å². The number of unbranched alkanes of at least 4 members (excludes halogenated alkanes) is 1. The van der Waals surface area contributed by atoms with E-state index in [0.29, 0.717) is 32.2 Å². The summed E-state index contributed by atoms with van der Waals surface area (Å²) in [6.07, 6.45) is 1.18. The molecule has 1 aliphatic carbocycles. The summed E-state index contributed by atoms with van der Waals surface area (Å²) < 4.78 is 11.3. The number of ether oxygens (including phenoxy) is 2. The summed E-state index contributed by atoms with van der Waals surface area (Å²) in [5.41, 5.74) is 4.68. The van der Waals surface area contributed by atoms with E-state index >= 15 is 0 Å². The topological polar surface area (TPSA) is 114 Å². The molecule has 34 heavy (non-hydrogen) atoms. The lowest BCUT2D eigenvalue weighted by molar-refractivity contribution is -0.137. The SMILES string of the molecule is O=C(O)CCCCNC(=O)C1CCC(CNC(=O)OCC2c3ccccc3-c3ccccc32)O1. The van der Waals surface area contributed by atoms with Crippen molar-refractivity contribution in [3.05, 3.63) is 59.7 Å². The molecular formula is C26H30N2O6. The molecule has 0 saturated carbocycles. The van der Waals surface area contributed by atoms with Gasteiger partial charge in [-0.3, -0.25) is 9.59 Å². The second-order valence-electron chi connectivity index (χ2n) is 8.67. The van der Waals surface area contributed by atoms with E-state index in [4.69, 9.17) is 14.6 Å². The number of benzene rings is 2. The molecule has 8 nitrogen and oxygen atoms in total. The lowest BCUT2D eigenvalue weighted by Gasteiger charge is -2.16. The maximum absolute atomic E-state index is 12.3. The minimum atomic E-state index is -0.836. The van der Waals surface area contributed by atoms with Crippen LogP contribution in [0.15, 0.2) is 48.5 Å². The number of fused-ring (bicyclic) bond motifs is 3. The highest BCUT2D eigenvalue weighted by atomic mass is 16.5. The van der Waals surface area contributed by atoms with Crippen LogP contribution in [0.25, 0.3) is 11.1 Å². The fourth-order valence-electron chi connectivity index (χ4n) is 4.62. The van der Waals surface area contributed by atoms with Crippen LogP contribution in [0.3, 0.4) is 0 Å². The normalized spacial score (nSPS) is 18.7. The molecule has 2 unspecified atom stereocenters. The number of aliphatic carboxylic acids is 1. The molecule has 2 aliphatic rings. The van der Waals surface area contributed by atoms with Crippen molar-refractivity contribution in [2.45, 2.75) is 50.2 Å². The van der Waals surface area contributed by atoms with Crippen LogP contribution >= 0.6 is 0 Å². The van der Waals surface area contributed by atoms with Gasteiger partial charge in [0.05, 0.1) is 6.10 Å². The molecule has 4 rings (SSSR count). The average Bonchev–Trinajstić information content (AvgIpc) is 3.44. The monoisotopic (exact) mass is 466 g/mol. The van der Waals surface area contributed by atoms with Gasteiger partial charge in [-0.15, -0.1) is 0 Å². The van der Waals surface area contributed by atoms with Crippen molar-refractivity contribution in [3.63, 3.8) is 0 Å². The van der Waals surface area contributed by atoms with Gasteiger partial charge < -0.3 is 25.2 Å². The van der Waals surface area contributed by atoms with E-state index in [0.717, 1.165) is 11.1 Å². The number of carboxylic acids is 1. The van der Waals surface area contributed by atoms with Crippen LogP contribution in [0, 0.1) is 0 Å². The first-order chi connectivity index (χ1) is 16.5. The van der Waals surface area contributed by atoms with E-state index in [1.165, 1.54) is 11.1 Å². The minimum absolute atomic E-state index is 0.00413. The zero-order valence-electron chi connectivity index (χ0n) is 19.0. The predicted octanol–water partition coefficient (Wildman–Crippen LogP) is 3.44. The molecule has 0 radical (unpaired) electrons. The summed E-state index contributed by atoms with van der Waals surface area (Å²) in [6, 6.07) is 16.4. The Morgan fingerprint density at radius 2 is 1.62 bits per heavy atom. The largest absolute Gasteiger partial charge is 0.481 e. The van der Waals surface area contributed by atoms with Crippen LogP contribution in [0.4, 0.5) is 4.79 Å². The van der Waals surface area contributed by atoms with Gasteiger partial charge in [-0.2, -0.15) is 0 Å². The summed E-state index contributed by atoms with van der Waals surface area (Å²) >= 11 is 0. The number of nitrogens with one attached hydrogen (secondary N) is 2. The Balaban J connectivity index is 1.18. The van der Waals surface area contributed by atoms with E-state index in [1.807, 2.05) is 24.3 Å². The Morgan fingerprint density at radius 1 is 0.941 bits per heavy atom. The summed E-state index contributed by atoms with van der Waals surface area (Å²) in [5, 5.41) is 14.2. The number of carbonyl (C=O) groups excluding carboxylic acids is 2. The highest BCUT2D eigenvalue weighted by Crippen LogP contribution is 2.44. The van der Waals surface area contributed by atoms with E-state index in [9.17, 15) is 14.4 Å². The Morgan fingerprint density at radius 3 is 2.29 bits per heavy atom. The average molecular weight is 467 g/mol. The van der Waals surface area contributed by atoms with Crippen molar-refractivity contribution in [1.82, 2.24) is 10.6 Å². The first-order valence-electron chi connectivity index (χ1n) is 11.8. The molecule has 2 aromatic carbocycles. The molecule has 1 aliphatic heterocycles. The third kappa shape index (κ3) is 5.75. The Labute approximate surface area is 198 Å². The third-order valence-corrected chi connectivity index (χ3v) is 6.33. The molecule has 1 fully saturated rings. The van der Waals surface area contributed by atoms with Gasteiger partial charge >= 0.3 is 12.1 Å². The molecule has 0 spiro atoms. The quantitative estimate of drug-likeness (QED) is 0.462. The lowest BCUT2D eigenvalue weighted by atomic mass is 9.98. The molecule has 2 atom stereocenters. The maximum atomic E-state index is 12.3. The molecule has 8 heteroatoms. The number of rotatable bonds is 10. The summed E-state index contributed by atoms with van der Waals surface area (Å²) in [5.74, 6) is -1.03. The van der Waals surface area contributed by atoms with Crippen LogP contribution in [0.2, 0.25) is 0 Å². The Bertz CT molecular complexity index is 994. The number of hydrogen-bond acceptors (Lipinski definition) is 5. The molecule has 2 amide bonds. The van der Waals surface area contributed by atoms with Gasteiger partial charge in [0.25, 0.3) is 0 Å². The minimum Gasteiger partial charge on any atom is -0.481 e. The van der Waals surface area contributed by atoms with Crippen molar-refractivity contribution in [3.8, 4) is 11.1 Å². The molecule has 1 saturated heterocycles. The second-order valence-corrected chi connectivity index (χ2v) is 8.67. The summed E-state index contributed by atoms with van der Waals surface area (Å²) in [7, 11) is 0. The Hall–Kier alpha value is -3.39.